The van der Waals surface area contributed by atoms with Crippen molar-refractivity contribution in [1.29, 1.82) is 0 Å². The number of rotatable bonds is 5. The summed E-state index contributed by atoms with van der Waals surface area (Å²) in [7, 11) is 0. The van der Waals surface area contributed by atoms with Crippen molar-refractivity contribution in [1.82, 2.24) is 9.97 Å². The van der Waals surface area contributed by atoms with Crippen molar-refractivity contribution in [2.45, 2.75) is 29.1 Å². The molecule has 8 aromatic rings. The van der Waals surface area contributed by atoms with E-state index in [0.717, 1.165) is 28.1 Å². The summed E-state index contributed by atoms with van der Waals surface area (Å²) in [6.45, 7) is 4.72. The fourth-order valence-corrected chi connectivity index (χ4v) is 8.74. The molecule has 1 aromatic heterocycles. The van der Waals surface area contributed by atoms with Crippen LogP contribution in [0, 0.1) is 0 Å². The largest absolute Gasteiger partial charge is 0.228 e. The molecule has 0 unspecified atom stereocenters. The van der Waals surface area contributed by atoms with Gasteiger partial charge in [-0.25, -0.2) is 9.97 Å². The maximum absolute atomic E-state index is 5.14. The van der Waals surface area contributed by atoms with Crippen molar-refractivity contribution >= 4 is 22.5 Å². The van der Waals surface area contributed by atoms with Gasteiger partial charge in [-0.1, -0.05) is 177 Å². The van der Waals surface area contributed by atoms with E-state index in [1.807, 2.05) is 23.9 Å². The van der Waals surface area contributed by atoms with Crippen LogP contribution in [0.3, 0.4) is 0 Å². The third-order valence-electron chi connectivity index (χ3n) is 9.98. The molecule has 0 radical (unpaired) electrons. The molecule has 50 heavy (non-hydrogen) atoms. The van der Waals surface area contributed by atoms with Crippen molar-refractivity contribution in [3.63, 3.8) is 0 Å². The third kappa shape index (κ3) is 5.31. The maximum Gasteiger partial charge on any atom is 0.160 e. The highest BCUT2D eigenvalue weighted by molar-refractivity contribution is 7.99. The van der Waals surface area contributed by atoms with Crippen molar-refractivity contribution in [3.05, 3.63) is 181 Å². The minimum absolute atomic E-state index is 0.111. The zero-order valence-corrected chi connectivity index (χ0v) is 28.8. The third-order valence-corrected chi connectivity index (χ3v) is 11.2. The summed E-state index contributed by atoms with van der Waals surface area (Å²) in [6, 6.07) is 60.5. The summed E-state index contributed by atoms with van der Waals surface area (Å²) in [5.41, 5.74) is 12.4. The van der Waals surface area contributed by atoms with Crippen LogP contribution in [0.1, 0.15) is 25.0 Å². The van der Waals surface area contributed by atoms with Gasteiger partial charge < -0.3 is 0 Å². The molecule has 1 aliphatic heterocycles. The average molecular weight is 659 g/mol. The normalized spacial score (nSPS) is 13.1. The standard InChI is InChI=1S/C47H34N2S/c1-47(2)40-19-11-12-20-44(40)50-45-38-18-10-9-17-37(38)39(29-41(45)47)33-23-25-35(26-24-33)43-30-42(34-15-7-4-8-16-34)48-46(49-43)36-27-21-32(22-28-36)31-13-5-3-6-14-31/h3-30H,1-2H3. The van der Waals surface area contributed by atoms with Crippen LogP contribution >= 0.6 is 11.8 Å². The minimum Gasteiger partial charge on any atom is -0.228 e. The van der Waals surface area contributed by atoms with Crippen molar-refractivity contribution < 1.29 is 0 Å². The lowest BCUT2D eigenvalue weighted by atomic mass is 9.76. The first-order valence-electron chi connectivity index (χ1n) is 17.1. The van der Waals surface area contributed by atoms with E-state index >= 15 is 0 Å². The SMILES string of the molecule is CC1(C)c2ccccc2Sc2c1cc(-c1ccc(-c3cc(-c4ccccc4)nc(-c4ccc(-c5ccccc5)cc4)n3)cc1)c1ccccc21. The van der Waals surface area contributed by atoms with Gasteiger partial charge in [-0.3, -0.25) is 0 Å². The number of benzene rings is 7. The second-order valence-electron chi connectivity index (χ2n) is 13.4. The van der Waals surface area contributed by atoms with Gasteiger partial charge in [0.15, 0.2) is 5.82 Å². The number of fused-ring (bicyclic) bond motifs is 4. The van der Waals surface area contributed by atoms with Crippen molar-refractivity contribution in [2.75, 3.05) is 0 Å². The molecule has 238 valence electrons. The number of hydrogen-bond donors (Lipinski definition) is 0. The summed E-state index contributed by atoms with van der Waals surface area (Å²) >= 11 is 1.90. The molecule has 3 heteroatoms. The summed E-state index contributed by atoms with van der Waals surface area (Å²) in [5, 5.41) is 2.58. The number of nitrogens with zero attached hydrogens (tertiary/aromatic N) is 2. The van der Waals surface area contributed by atoms with E-state index in [1.54, 1.807) is 0 Å². The topological polar surface area (TPSA) is 25.8 Å². The van der Waals surface area contributed by atoms with E-state index in [0.29, 0.717) is 5.82 Å². The minimum atomic E-state index is -0.111. The fourth-order valence-electron chi connectivity index (χ4n) is 7.23. The Morgan fingerprint density at radius 1 is 0.420 bits per heavy atom. The van der Waals surface area contributed by atoms with Crippen LogP contribution < -0.4 is 0 Å². The van der Waals surface area contributed by atoms with E-state index in [2.05, 4.69) is 172 Å². The Bertz CT molecular complexity index is 2500. The molecule has 0 saturated heterocycles. The Kier molecular flexibility index (Phi) is 7.44. The molecule has 0 saturated carbocycles. The lowest BCUT2D eigenvalue weighted by Crippen LogP contribution is -2.24. The summed E-state index contributed by atoms with van der Waals surface area (Å²) < 4.78 is 0. The molecule has 0 N–H and O–H groups in total. The van der Waals surface area contributed by atoms with E-state index in [-0.39, 0.29) is 5.41 Å². The summed E-state index contributed by atoms with van der Waals surface area (Å²) in [5.74, 6) is 0.714. The molecule has 2 heterocycles. The molecule has 2 nitrogen and oxygen atoms in total. The summed E-state index contributed by atoms with van der Waals surface area (Å²) in [4.78, 5) is 12.9. The fraction of sp³-hybridized carbons (Fsp3) is 0.0638. The monoisotopic (exact) mass is 658 g/mol. The van der Waals surface area contributed by atoms with E-state index in [1.165, 1.54) is 53.9 Å². The van der Waals surface area contributed by atoms with Crippen LogP contribution in [-0.4, -0.2) is 9.97 Å². The van der Waals surface area contributed by atoms with Crippen LogP contribution in [0.15, 0.2) is 180 Å². The highest BCUT2D eigenvalue weighted by Gasteiger charge is 2.34. The van der Waals surface area contributed by atoms with E-state index < -0.39 is 0 Å². The molecule has 1 aliphatic rings. The number of hydrogen-bond acceptors (Lipinski definition) is 3. The Hall–Kier alpha value is -5.77. The second kappa shape index (κ2) is 12.3. The Balaban J connectivity index is 1.13. The van der Waals surface area contributed by atoms with Gasteiger partial charge in [-0.2, -0.15) is 0 Å². The van der Waals surface area contributed by atoms with Crippen LogP contribution in [0.2, 0.25) is 0 Å². The van der Waals surface area contributed by atoms with Gasteiger partial charge in [0.1, 0.15) is 0 Å². The zero-order chi connectivity index (χ0) is 33.7. The van der Waals surface area contributed by atoms with Crippen LogP contribution in [0.25, 0.3) is 66.9 Å². The van der Waals surface area contributed by atoms with Crippen molar-refractivity contribution in [2.24, 2.45) is 0 Å². The lowest BCUT2D eigenvalue weighted by Gasteiger charge is -2.36. The smallest absolute Gasteiger partial charge is 0.160 e. The van der Waals surface area contributed by atoms with Gasteiger partial charge in [0.05, 0.1) is 11.4 Å². The molecule has 0 bridgehead atoms. The van der Waals surface area contributed by atoms with Gasteiger partial charge >= 0.3 is 0 Å². The van der Waals surface area contributed by atoms with E-state index in [9.17, 15) is 0 Å². The predicted molar refractivity (Wildman–Crippen MR) is 209 cm³/mol. The molecular weight excluding hydrogens is 625 g/mol. The van der Waals surface area contributed by atoms with Crippen LogP contribution in [0.4, 0.5) is 0 Å². The summed E-state index contributed by atoms with van der Waals surface area (Å²) in [6.07, 6.45) is 0. The van der Waals surface area contributed by atoms with Crippen molar-refractivity contribution in [3.8, 4) is 56.2 Å². The molecule has 7 aromatic carbocycles. The Morgan fingerprint density at radius 2 is 0.920 bits per heavy atom. The first kappa shape index (κ1) is 30.3. The first-order valence-corrected chi connectivity index (χ1v) is 17.9. The Morgan fingerprint density at radius 3 is 1.62 bits per heavy atom. The quantitative estimate of drug-likeness (QED) is 0.184. The highest BCUT2D eigenvalue weighted by atomic mass is 32.2. The van der Waals surface area contributed by atoms with Gasteiger partial charge in [0.25, 0.3) is 0 Å². The first-order chi connectivity index (χ1) is 24.5. The highest BCUT2D eigenvalue weighted by Crippen LogP contribution is 2.53. The molecule has 0 aliphatic carbocycles. The van der Waals surface area contributed by atoms with E-state index in [4.69, 9.17) is 9.97 Å². The average Bonchev–Trinajstić information content (AvgIpc) is 3.18. The second-order valence-corrected chi connectivity index (χ2v) is 14.5. The van der Waals surface area contributed by atoms with Gasteiger partial charge in [0, 0.05) is 31.9 Å². The van der Waals surface area contributed by atoms with Gasteiger partial charge in [-0.15, -0.1) is 0 Å². The molecule has 9 rings (SSSR count). The zero-order valence-electron chi connectivity index (χ0n) is 28.0. The molecular formula is C47H34N2S. The maximum atomic E-state index is 5.14. The lowest BCUT2D eigenvalue weighted by molar-refractivity contribution is 0.610. The molecule has 0 spiro atoms. The molecule has 0 amide bonds. The molecule has 0 fully saturated rings. The predicted octanol–water partition coefficient (Wildman–Crippen LogP) is 12.8. The Labute approximate surface area is 297 Å². The van der Waals surface area contributed by atoms with Gasteiger partial charge in [-0.05, 0) is 62.4 Å². The van der Waals surface area contributed by atoms with Crippen LogP contribution in [0.5, 0.6) is 0 Å². The number of aromatic nitrogens is 2. The molecule has 0 atom stereocenters. The van der Waals surface area contributed by atoms with Gasteiger partial charge in [0.2, 0.25) is 0 Å². The van der Waals surface area contributed by atoms with Crippen LogP contribution in [-0.2, 0) is 5.41 Å².